The molecule has 4 heteroatoms. The third kappa shape index (κ3) is 1.77. The van der Waals surface area contributed by atoms with Crippen LogP contribution >= 0.6 is 8.86 Å². The first-order valence-electron chi connectivity index (χ1n) is 4.84. The Bertz CT molecular complexity index is 232. The van der Waals surface area contributed by atoms with Crippen molar-refractivity contribution < 1.29 is 4.79 Å². The minimum atomic E-state index is 0.0744. The van der Waals surface area contributed by atoms with Gasteiger partial charge in [0.15, 0.2) is 0 Å². The minimum absolute atomic E-state index is 0.0744. The zero-order valence-electron chi connectivity index (χ0n) is 7.55. The molecule has 13 heavy (non-hydrogen) atoms. The lowest BCUT2D eigenvalue weighted by Crippen LogP contribution is -2.47. The fraction of sp³-hybridized carbons (Fsp3) is 0.778. The van der Waals surface area contributed by atoms with Gasteiger partial charge in [-0.15, -0.1) is 8.86 Å². The average Bonchev–Trinajstić information content (AvgIpc) is 2.74. The Balaban J connectivity index is 1.87. The molecule has 1 amide bonds. The fourth-order valence-electron chi connectivity index (χ4n) is 2.41. The maximum Gasteiger partial charge on any atom is 0.237 e. The van der Waals surface area contributed by atoms with Gasteiger partial charge in [0.05, 0.1) is 6.04 Å². The molecule has 1 saturated carbocycles. The van der Waals surface area contributed by atoms with Crippen LogP contribution in [0.15, 0.2) is 0 Å². The van der Waals surface area contributed by atoms with Crippen LogP contribution in [0.25, 0.3) is 0 Å². The summed E-state index contributed by atoms with van der Waals surface area (Å²) in [5.41, 5.74) is 0. The van der Waals surface area contributed by atoms with Crippen molar-refractivity contribution >= 4 is 20.6 Å². The van der Waals surface area contributed by atoms with Crippen LogP contribution in [-0.2, 0) is 4.79 Å². The second kappa shape index (κ2) is 3.77. The lowest BCUT2D eigenvalue weighted by molar-refractivity contribution is -0.123. The molecule has 0 spiro atoms. The number of hydrogen-bond acceptors (Lipinski definition) is 2. The molecule has 3 nitrogen and oxygen atoms in total. The number of rotatable bonds is 3. The van der Waals surface area contributed by atoms with Gasteiger partial charge in [0, 0.05) is 12.6 Å². The normalized spacial score (nSPS) is 36.2. The number of carbonyl (C=O) groups is 1. The van der Waals surface area contributed by atoms with E-state index in [1.54, 1.807) is 5.80 Å². The fourth-order valence-corrected chi connectivity index (χ4v) is 2.51. The first-order valence-corrected chi connectivity index (χ1v) is 5.41. The topological polar surface area (TPSA) is 41.1 Å². The Hall–Kier alpha value is -0.400. The predicted molar refractivity (Wildman–Crippen MR) is 55.4 cm³/mol. The van der Waals surface area contributed by atoms with Gasteiger partial charge in [-0.05, 0) is 31.0 Å². The Morgan fingerprint density at radius 3 is 3.00 bits per heavy atom. The van der Waals surface area contributed by atoms with E-state index in [9.17, 15) is 4.79 Å². The smallest absolute Gasteiger partial charge is 0.237 e. The summed E-state index contributed by atoms with van der Waals surface area (Å²) in [6.07, 6.45) is 3.65. The highest BCUT2D eigenvalue weighted by atomic mass is 31.0. The Kier molecular flexibility index (Phi) is 2.66. The Morgan fingerprint density at radius 2 is 2.46 bits per heavy atom. The van der Waals surface area contributed by atoms with Crippen LogP contribution in [0.1, 0.15) is 19.3 Å². The molecule has 72 valence electrons. The number of nitrogens with one attached hydrogen (secondary N) is 2. The molecule has 0 aromatic carbocycles. The van der Waals surface area contributed by atoms with E-state index >= 15 is 0 Å². The van der Waals surface area contributed by atoms with Crippen molar-refractivity contribution in [3.8, 4) is 0 Å². The third-order valence-corrected chi connectivity index (χ3v) is 3.22. The Morgan fingerprint density at radius 1 is 1.62 bits per heavy atom. The standard InChI is InChI=1S/C9H15N2OP/c12-9(10-3-4-13)8-6-1-2-7(5-6)11-8/h4,6-8,11,13H,1-3,5H2,(H,10,12). The second-order valence-electron chi connectivity index (χ2n) is 3.86. The van der Waals surface area contributed by atoms with E-state index < -0.39 is 0 Å². The SMILES string of the molecule is O=C(NCC=P)C1NC2CCC1C2. The summed E-state index contributed by atoms with van der Waals surface area (Å²) in [4.78, 5) is 11.6. The quantitative estimate of drug-likeness (QED) is 0.635. The van der Waals surface area contributed by atoms with Gasteiger partial charge in [-0.3, -0.25) is 4.79 Å². The molecule has 2 rings (SSSR count). The maximum atomic E-state index is 11.6. The van der Waals surface area contributed by atoms with Crippen LogP contribution in [0.2, 0.25) is 0 Å². The van der Waals surface area contributed by atoms with E-state index in [1.807, 2.05) is 0 Å². The van der Waals surface area contributed by atoms with E-state index in [0.717, 1.165) is 0 Å². The maximum absolute atomic E-state index is 11.6. The van der Waals surface area contributed by atoms with Gasteiger partial charge in [0.25, 0.3) is 0 Å². The molecule has 3 unspecified atom stereocenters. The summed E-state index contributed by atoms with van der Waals surface area (Å²) in [7, 11) is 3.21. The summed E-state index contributed by atoms with van der Waals surface area (Å²) in [6, 6.07) is 0.679. The minimum Gasteiger partial charge on any atom is -0.351 e. The van der Waals surface area contributed by atoms with Gasteiger partial charge < -0.3 is 10.6 Å². The molecule has 0 radical (unpaired) electrons. The third-order valence-electron chi connectivity index (χ3n) is 3.02. The van der Waals surface area contributed by atoms with Crippen molar-refractivity contribution in [3.05, 3.63) is 0 Å². The van der Waals surface area contributed by atoms with E-state index in [0.29, 0.717) is 18.5 Å². The van der Waals surface area contributed by atoms with Crippen molar-refractivity contribution in [1.29, 1.82) is 0 Å². The molecule has 0 aromatic rings. The van der Waals surface area contributed by atoms with Gasteiger partial charge in [-0.25, -0.2) is 0 Å². The van der Waals surface area contributed by atoms with E-state index in [1.165, 1.54) is 19.3 Å². The summed E-state index contributed by atoms with van der Waals surface area (Å²) < 4.78 is 0. The zero-order chi connectivity index (χ0) is 9.26. The summed E-state index contributed by atoms with van der Waals surface area (Å²) in [5.74, 6) is 2.51. The lowest BCUT2D eigenvalue weighted by atomic mass is 9.99. The first-order chi connectivity index (χ1) is 6.31. The van der Waals surface area contributed by atoms with Crippen molar-refractivity contribution in [2.24, 2.45) is 5.92 Å². The largest absolute Gasteiger partial charge is 0.351 e. The highest BCUT2D eigenvalue weighted by Crippen LogP contribution is 2.35. The number of piperidine rings is 1. The molecule has 1 aliphatic carbocycles. The molecule has 2 N–H and O–H groups in total. The van der Waals surface area contributed by atoms with Gasteiger partial charge in [-0.1, -0.05) is 0 Å². The molecule has 1 aliphatic heterocycles. The van der Waals surface area contributed by atoms with Crippen LogP contribution in [0, 0.1) is 5.92 Å². The molecular weight excluding hydrogens is 183 g/mol. The molecule has 1 heterocycles. The van der Waals surface area contributed by atoms with E-state index in [2.05, 4.69) is 19.5 Å². The average molecular weight is 198 g/mol. The molecule has 2 aliphatic rings. The molecule has 1 saturated heterocycles. The number of fused-ring (bicyclic) bond motifs is 2. The summed E-state index contributed by atoms with van der Waals surface area (Å²) >= 11 is 0. The van der Waals surface area contributed by atoms with Crippen LogP contribution in [0.5, 0.6) is 0 Å². The monoisotopic (exact) mass is 198 g/mol. The van der Waals surface area contributed by atoms with Gasteiger partial charge in [-0.2, -0.15) is 0 Å². The zero-order valence-corrected chi connectivity index (χ0v) is 8.55. The molecule has 3 atom stereocenters. The summed E-state index contributed by atoms with van der Waals surface area (Å²) in [6.45, 7) is 0.602. The number of hydrogen-bond donors (Lipinski definition) is 2. The predicted octanol–water partition coefficient (Wildman–Crippen LogP) is 0.188. The van der Waals surface area contributed by atoms with E-state index in [-0.39, 0.29) is 11.9 Å². The molecule has 2 bridgehead atoms. The molecule has 2 fully saturated rings. The highest BCUT2D eigenvalue weighted by molar-refractivity contribution is 7.18. The first kappa shape index (κ1) is 9.17. The van der Waals surface area contributed by atoms with Crippen molar-refractivity contribution in [2.75, 3.05) is 6.54 Å². The lowest BCUT2D eigenvalue weighted by Gasteiger charge is -2.21. The molecule has 0 aromatic heterocycles. The number of carbonyl (C=O) groups excluding carboxylic acids is 1. The second-order valence-corrected chi connectivity index (χ2v) is 4.27. The van der Waals surface area contributed by atoms with Gasteiger partial charge >= 0.3 is 0 Å². The van der Waals surface area contributed by atoms with Crippen LogP contribution in [0.3, 0.4) is 0 Å². The van der Waals surface area contributed by atoms with Gasteiger partial charge in [0.2, 0.25) is 5.91 Å². The van der Waals surface area contributed by atoms with E-state index in [4.69, 9.17) is 0 Å². The number of amides is 1. The van der Waals surface area contributed by atoms with Gasteiger partial charge in [0.1, 0.15) is 0 Å². The van der Waals surface area contributed by atoms with Crippen molar-refractivity contribution in [3.63, 3.8) is 0 Å². The van der Waals surface area contributed by atoms with Crippen molar-refractivity contribution in [1.82, 2.24) is 10.6 Å². The Labute approximate surface area is 80.5 Å². The van der Waals surface area contributed by atoms with Crippen LogP contribution < -0.4 is 10.6 Å². The van der Waals surface area contributed by atoms with Crippen molar-refractivity contribution in [2.45, 2.75) is 31.3 Å². The van der Waals surface area contributed by atoms with Crippen LogP contribution in [-0.4, -0.2) is 30.3 Å². The summed E-state index contributed by atoms with van der Waals surface area (Å²) in [5, 5.41) is 6.21. The highest BCUT2D eigenvalue weighted by Gasteiger charge is 2.42. The molecular formula is C9H15N2OP. The van der Waals surface area contributed by atoms with Crippen LogP contribution in [0.4, 0.5) is 0 Å².